The van der Waals surface area contributed by atoms with E-state index in [4.69, 9.17) is 0 Å². The van der Waals surface area contributed by atoms with Crippen LogP contribution in [0.25, 0.3) is 0 Å². The summed E-state index contributed by atoms with van der Waals surface area (Å²) in [4.78, 5) is 38.6. The maximum atomic E-state index is 12.1. The lowest BCUT2D eigenvalue weighted by molar-refractivity contribution is -0.138. The SMILES string of the molecule is CC(=O)N1CCN(C(=O)CCNC(=O)CC2C=CCC2)CC1. The number of carbonyl (C=O) groups is 3. The molecule has 1 aliphatic carbocycles. The third-order valence-corrected chi connectivity index (χ3v) is 4.30. The van der Waals surface area contributed by atoms with Crippen molar-refractivity contribution in [3.63, 3.8) is 0 Å². The van der Waals surface area contributed by atoms with Gasteiger partial charge in [0.15, 0.2) is 0 Å². The fourth-order valence-electron chi connectivity index (χ4n) is 2.91. The fraction of sp³-hybridized carbons (Fsp3) is 0.688. The fourth-order valence-corrected chi connectivity index (χ4v) is 2.91. The van der Waals surface area contributed by atoms with Gasteiger partial charge in [-0.25, -0.2) is 0 Å². The number of amides is 3. The van der Waals surface area contributed by atoms with Crippen molar-refractivity contribution in [1.82, 2.24) is 15.1 Å². The molecule has 0 radical (unpaired) electrons. The highest BCUT2D eigenvalue weighted by molar-refractivity contribution is 5.79. The number of allylic oxidation sites excluding steroid dienone is 2. The topological polar surface area (TPSA) is 69.7 Å². The van der Waals surface area contributed by atoms with Crippen molar-refractivity contribution >= 4 is 17.7 Å². The van der Waals surface area contributed by atoms with E-state index in [1.54, 1.807) is 16.7 Å². The molecule has 0 aromatic rings. The second-order valence-electron chi connectivity index (χ2n) is 5.96. The summed E-state index contributed by atoms with van der Waals surface area (Å²) in [5.41, 5.74) is 0. The number of hydrogen-bond donors (Lipinski definition) is 1. The van der Waals surface area contributed by atoms with Crippen molar-refractivity contribution in [3.8, 4) is 0 Å². The minimum atomic E-state index is 0.0192. The molecule has 1 atom stereocenters. The molecule has 2 rings (SSSR count). The summed E-state index contributed by atoms with van der Waals surface area (Å²) >= 11 is 0. The van der Waals surface area contributed by atoms with Crippen LogP contribution in [-0.2, 0) is 14.4 Å². The van der Waals surface area contributed by atoms with E-state index in [-0.39, 0.29) is 17.7 Å². The van der Waals surface area contributed by atoms with Crippen molar-refractivity contribution in [2.45, 2.75) is 32.6 Å². The van der Waals surface area contributed by atoms with Gasteiger partial charge < -0.3 is 15.1 Å². The molecule has 0 aromatic carbocycles. The summed E-state index contributed by atoms with van der Waals surface area (Å²) in [5.74, 6) is 0.477. The zero-order chi connectivity index (χ0) is 15.9. The van der Waals surface area contributed by atoms with E-state index in [1.807, 2.05) is 0 Å². The molecule has 0 aromatic heterocycles. The van der Waals surface area contributed by atoms with Crippen molar-refractivity contribution in [3.05, 3.63) is 12.2 Å². The molecule has 1 saturated heterocycles. The van der Waals surface area contributed by atoms with Gasteiger partial charge in [-0.2, -0.15) is 0 Å². The van der Waals surface area contributed by atoms with E-state index in [2.05, 4.69) is 17.5 Å². The van der Waals surface area contributed by atoms with Crippen LogP contribution in [-0.4, -0.2) is 60.2 Å². The van der Waals surface area contributed by atoms with Crippen LogP contribution >= 0.6 is 0 Å². The smallest absolute Gasteiger partial charge is 0.224 e. The molecule has 1 aliphatic heterocycles. The Bertz CT molecular complexity index is 454. The number of piperazine rings is 1. The lowest BCUT2D eigenvalue weighted by Gasteiger charge is -2.34. The van der Waals surface area contributed by atoms with Gasteiger partial charge in [0, 0.05) is 52.5 Å². The second-order valence-corrected chi connectivity index (χ2v) is 5.96. The van der Waals surface area contributed by atoms with Crippen LogP contribution in [0.2, 0.25) is 0 Å². The summed E-state index contributed by atoms with van der Waals surface area (Å²) in [7, 11) is 0. The van der Waals surface area contributed by atoms with E-state index < -0.39 is 0 Å². The van der Waals surface area contributed by atoms with E-state index in [0.29, 0.717) is 51.5 Å². The number of nitrogens with one attached hydrogen (secondary N) is 1. The first-order chi connectivity index (χ1) is 10.6. The van der Waals surface area contributed by atoms with E-state index in [1.165, 1.54) is 0 Å². The van der Waals surface area contributed by atoms with Gasteiger partial charge in [-0.15, -0.1) is 0 Å². The van der Waals surface area contributed by atoms with Crippen molar-refractivity contribution in [1.29, 1.82) is 0 Å². The first-order valence-electron chi connectivity index (χ1n) is 8.03. The Morgan fingerprint density at radius 2 is 1.82 bits per heavy atom. The standard InChI is InChI=1S/C16H25N3O3/c1-13(20)18-8-10-19(11-9-18)16(22)6-7-17-15(21)12-14-4-2-3-5-14/h2,4,14H,3,5-12H2,1H3,(H,17,21). The highest BCUT2D eigenvalue weighted by Gasteiger charge is 2.22. The Morgan fingerprint density at radius 3 is 2.41 bits per heavy atom. The Labute approximate surface area is 131 Å². The molecule has 6 nitrogen and oxygen atoms in total. The molecule has 122 valence electrons. The Kier molecular flexibility index (Phi) is 5.98. The molecule has 1 N–H and O–H groups in total. The summed E-state index contributed by atoms with van der Waals surface area (Å²) in [5, 5.41) is 2.82. The van der Waals surface area contributed by atoms with Gasteiger partial charge in [-0.3, -0.25) is 14.4 Å². The molecular formula is C16H25N3O3. The quantitative estimate of drug-likeness (QED) is 0.754. The van der Waals surface area contributed by atoms with Gasteiger partial charge in [-0.05, 0) is 18.8 Å². The lowest BCUT2D eigenvalue weighted by Crippen LogP contribution is -2.50. The summed E-state index contributed by atoms with van der Waals surface area (Å²) in [6, 6.07) is 0. The van der Waals surface area contributed by atoms with Crippen LogP contribution in [0.3, 0.4) is 0 Å². The van der Waals surface area contributed by atoms with E-state index in [9.17, 15) is 14.4 Å². The monoisotopic (exact) mass is 307 g/mol. The van der Waals surface area contributed by atoms with Gasteiger partial charge in [-0.1, -0.05) is 12.2 Å². The normalized spacial score (nSPS) is 21.0. The van der Waals surface area contributed by atoms with Crippen LogP contribution in [0, 0.1) is 5.92 Å². The van der Waals surface area contributed by atoms with Gasteiger partial charge in [0.2, 0.25) is 17.7 Å². The predicted molar refractivity (Wildman–Crippen MR) is 82.9 cm³/mol. The van der Waals surface area contributed by atoms with Gasteiger partial charge in [0.05, 0.1) is 0 Å². The summed E-state index contributed by atoms with van der Waals surface area (Å²) in [6.07, 6.45) is 7.16. The molecule has 0 bridgehead atoms. The van der Waals surface area contributed by atoms with E-state index >= 15 is 0 Å². The lowest BCUT2D eigenvalue weighted by atomic mass is 10.1. The average molecular weight is 307 g/mol. The van der Waals surface area contributed by atoms with Gasteiger partial charge >= 0.3 is 0 Å². The maximum Gasteiger partial charge on any atom is 0.224 e. The van der Waals surface area contributed by atoms with Gasteiger partial charge in [0.1, 0.15) is 0 Å². The first-order valence-corrected chi connectivity index (χ1v) is 8.03. The number of nitrogens with zero attached hydrogens (tertiary/aromatic N) is 2. The summed E-state index contributed by atoms with van der Waals surface area (Å²) in [6.45, 7) is 4.30. The molecule has 1 unspecified atom stereocenters. The van der Waals surface area contributed by atoms with Crippen LogP contribution in [0.15, 0.2) is 12.2 Å². The zero-order valence-corrected chi connectivity index (χ0v) is 13.2. The minimum absolute atomic E-state index is 0.0192. The predicted octanol–water partition coefficient (Wildman–Crippen LogP) is 0.540. The molecule has 6 heteroatoms. The number of rotatable bonds is 5. The Morgan fingerprint density at radius 1 is 1.14 bits per heavy atom. The van der Waals surface area contributed by atoms with Crippen LogP contribution in [0.1, 0.15) is 32.6 Å². The molecule has 2 aliphatic rings. The second kappa shape index (κ2) is 7.96. The molecule has 1 heterocycles. The van der Waals surface area contributed by atoms with Crippen molar-refractivity contribution < 1.29 is 14.4 Å². The van der Waals surface area contributed by atoms with Crippen molar-refractivity contribution in [2.24, 2.45) is 5.92 Å². The van der Waals surface area contributed by atoms with Gasteiger partial charge in [0.25, 0.3) is 0 Å². The van der Waals surface area contributed by atoms with Crippen LogP contribution < -0.4 is 5.32 Å². The van der Waals surface area contributed by atoms with Crippen molar-refractivity contribution in [2.75, 3.05) is 32.7 Å². The zero-order valence-electron chi connectivity index (χ0n) is 13.2. The largest absolute Gasteiger partial charge is 0.356 e. The first kappa shape index (κ1) is 16.5. The Hall–Kier alpha value is -1.85. The highest BCUT2D eigenvalue weighted by atomic mass is 16.2. The molecule has 3 amide bonds. The summed E-state index contributed by atoms with van der Waals surface area (Å²) < 4.78 is 0. The Balaban J connectivity index is 1.60. The molecular weight excluding hydrogens is 282 g/mol. The third kappa shape index (κ3) is 4.86. The number of carbonyl (C=O) groups excluding carboxylic acids is 3. The molecule has 1 fully saturated rings. The van der Waals surface area contributed by atoms with Crippen LogP contribution in [0.4, 0.5) is 0 Å². The molecule has 0 saturated carbocycles. The average Bonchev–Trinajstić information content (AvgIpc) is 3.00. The number of hydrogen-bond acceptors (Lipinski definition) is 3. The van der Waals surface area contributed by atoms with Crippen LogP contribution in [0.5, 0.6) is 0 Å². The third-order valence-electron chi connectivity index (χ3n) is 4.30. The highest BCUT2D eigenvalue weighted by Crippen LogP contribution is 2.19. The minimum Gasteiger partial charge on any atom is -0.356 e. The van der Waals surface area contributed by atoms with E-state index in [0.717, 1.165) is 12.8 Å². The molecule has 22 heavy (non-hydrogen) atoms. The molecule has 0 spiro atoms. The maximum absolute atomic E-state index is 12.1.